The molecule has 2 N–H and O–H groups in total. The lowest BCUT2D eigenvalue weighted by Gasteiger charge is -2.39. The van der Waals surface area contributed by atoms with Gasteiger partial charge in [-0.2, -0.15) is 0 Å². The van der Waals surface area contributed by atoms with E-state index in [2.05, 4.69) is 10.2 Å². The summed E-state index contributed by atoms with van der Waals surface area (Å²) in [6.07, 6.45) is 3.31. The molecule has 1 aliphatic carbocycles. The molecule has 0 aromatic heterocycles. The van der Waals surface area contributed by atoms with Crippen LogP contribution in [-0.4, -0.2) is 47.7 Å². The smallest absolute Gasteiger partial charge is 0.217 e. The van der Waals surface area contributed by atoms with Crippen molar-refractivity contribution < 1.29 is 9.90 Å². The minimum absolute atomic E-state index is 0.0348. The second-order valence-electron chi connectivity index (χ2n) is 5.80. The van der Waals surface area contributed by atoms with E-state index >= 15 is 0 Å². The molecule has 1 aliphatic heterocycles. The molecule has 4 nitrogen and oxygen atoms in total. The molecule has 2 rings (SSSR count). The molecule has 98 valence electrons. The SMILES string of the molecule is CC(=O)NC1CC(C(C)O)CN(CC2CC2)C1. The van der Waals surface area contributed by atoms with Crippen LogP contribution in [0.5, 0.6) is 0 Å². The highest BCUT2D eigenvalue weighted by atomic mass is 16.3. The van der Waals surface area contributed by atoms with Gasteiger partial charge in [-0.1, -0.05) is 0 Å². The van der Waals surface area contributed by atoms with Gasteiger partial charge in [-0.05, 0) is 38.0 Å². The summed E-state index contributed by atoms with van der Waals surface area (Å²) in [6.45, 7) is 6.48. The first-order valence-electron chi connectivity index (χ1n) is 6.72. The van der Waals surface area contributed by atoms with Gasteiger partial charge in [0.2, 0.25) is 5.91 Å². The Morgan fingerprint density at radius 2 is 2.18 bits per heavy atom. The minimum atomic E-state index is -0.284. The van der Waals surface area contributed by atoms with Crippen LogP contribution in [0.4, 0.5) is 0 Å². The number of amides is 1. The average molecular weight is 240 g/mol. The van der Waals surface area contributed by atoms with Crippen molar-refractivity contribution in [3.63, 3.8) is 0 Å². The number of hydrogen-bond acceptors (Lipinski definition) is 3. The molecule has 0 radical (unpaired) electrons. The van der Waals surface area contributed by atoms with Gasteiger partial charge in [-0.3, -0.25) is 4.79 Å². The van der Waals surface area contributed by atoms with Gasteiger partial charge in [0.25, 0.3) is 0 Å². The fourth-order valence-electron chi connectivity index (χ4n) is 2.79. The van der Waals surface area contributed by atoms with Crippen molar-refractivity contribution in [1.82, 2.24) is 10.2 Å². The van der Waals surface area contributed by atoms with Crippen LogP contribution in [0.15, 0.2) is 0 Å². The molecular formula is C13H24N2O2. The molecule has 2 aliphatic rings. The van der Waals surface area contributed by atoms with Gasteiger partial charge in [0, 0.05) is 32.6 Å². The molecular weight excluding hydrogens is 216 g/mol. The Labute approximate surface area is 103 Å². The fraction of sp³-hybridized carbons (Fsp3) is 0.923. The summed E-state index contributed by atoms with van der Waals surface area (Å²) in [5.74, 6) is 1.19. The fourth-order valence-corrected chi connectivity index (χ4v) is 2.79. The molecule has 3 atom stereocenters. The van der Waals surface area contributed by atoms with Crippen LogP contribution in [0.3, 0.4) is 0 Å². The third kappa shape index (κ3) is 3.96. The van der Waals surface area contributed by atoms with Crippen LogP contribution in [0, 0.1) is 11.8 Å². The molecule has 1 saturated carbocycles. The lowest BCUT2D eigenvalue weighted by atomic mass is 9.90. The van der Waals surface area contributed by atoms with E-state index in [-0.39, 0.29) is 18.1 Å². The summed E-state index contributed by atoms with van der Waals surface area (Å²) in [6, 6.07) is 0.208. The van der Waals surface area contributed by atoms with Crippen LogP contribution in [0.2, 0.25) is 0 Å². The number of aliphatic hydroxyl groups is 1. The van der Waals surface area contributed by atoms with Gasteiger partial charge in [0.05, 0.1) is 6.10 Å². The summed E-state index contributed by atoms with van der Waals surface area (Å²) in [4.78, 5) is 13.6. The maximum Gasteiger partial charge on any atom is 0.217 e. The van der Waals surface area contributed by atoms with Crippen LogP contribution >= 0.6 is 0 Å². The molecule has 0 spiro atoms. The van der Waals surface area contributed by atoms with Crippen LogP contribution in [-0.2, 0) is 4.79 Å². The number of aliphatic hydroxyl groups excluding tert-OH is 1. The number of hydrogen-bond donors (Lipinski definition) is 2. The third-order valence-electron chi connectivity index (χ3n) is 3.86. The molecule has 2 fully saturated rings. The Balaban J connectivity index is 1.90. The van der Waals surface area contributed by atoms with Gasteiger partial charge < -0.3 is 15.3 Å². The van der Waals surface area contributed by atoms with Crippen molar-refractivity contribution >= 4 is 5.91 Å². The molecule has 3 unspecified atom stereocenters. The van der Waals surface area contributed by atoms with E-state index < -0.39 is 0 Å². The van der Waals surface area contributed by atoms with Crippen LogP contribution in [0.25, 0.3) is 0 Å². The maximum atomic E-state index is 11.1. The van der Waals surface area contributed by atoms with Crippen molar-refractivity contribution in [2.24, 2.45) is 11.8 Å². The van der Waals surface area contributed by atoms with E-state index in [1.807, 2.05) is 6.92 Å². The standard InChI is InChI=1S/C13H24N2O2/c1-9(16)12-5-13(14-10(2)17)8-15(7-12)6-11-3-4-11/h9,11-13,16H,3-8H2,1-2H3,(H,14,17). The van der Waals surface area contributed by atoms with E-state index in [1.54, 1.807) is 6.92 Å². The van der Waals surface area contributed by atoms with Gasteiger partial charge in [0.1, 0.15) is 0 Å². The predicted octanol–water partition coefficient (Wildman–Crippen LogP) is 0.604. The first kappa shape index (κ1) is 12.8. The summed E-state index contributed by atoms with van der Waals surface area (Å²) >= 11 is 0. The average Bonchev–Trinajstić information content (AvgIpc) is 3.00. The largest absolute Gasteiger partial charge is 0.393 e. The Hall–Kier alpha value is -0.610. The number of nitrogens with one attached hydrogen (secondary N) is 1. The third-order valence-corrected chi connectivity index (χ3v) is 3.86. The maximum absolute atomic E-state index is 11.1. The number of carbonyl (C=O) groups excluding carboxylic acids is 1. The van der Waals surface area contributed by atoms with E-state index in [9.17, 15) is 9.90 Å². The number of carbonyl (C=O) groups is 1. The zero-order valence-corrected chi connectivity index (χ0v) is 10.9. The van der Waals surface area contributed by atoms with Crippen molar-refractivity contribution in [3.8, 4) is 0 Å². The van der Waals surface area contributed by atoms with Crippen LogP contribution in [0.1, 0.15) is 33.1 Å². The Kier molecular flexibility index (Phi) is 4.05. The Bertz CT molecular complexity index is 277. The highest BCUT2D eigenvalue weighted by Crippen LogP contribution is 2.31. The summed E-state index contributed by atoms with van der Waals surface area (Å²) < 4.78 is 0. The summed E-state index contributed by atoms with van der Waals surface area (Å²) in [7, 11) is 0. The molecule has 17 heavy (non-hydrogen) atoms. The monoisotopic (exact) mass is 240 g/mol. The normalized spacial score (nSPS) is 32.2. The molecule has 0 aromatic carbocycles. The van der Waals surface area contributed by atoms with Crippen molar-refractivity contribution in [1.29, 1.82) is 0 Å². The molecule has 0 bridgehead atoms. The van der Waals surface area contributed by atoms with Crippen molar-refractivity contribution in [3.05, 3.63) is 0 Å². The van der Waals surface area contributed by atoms with E-state index in [0.29, 0.717) is 5.92 Å². The van der Waals surface area contributed by atoms with Gasteiger partial charge in [-0.25, -0.2) is 0 Å². The topological polar surface area (TPSA) is 52.6 Å². The summed E-state index contributed by atoms with van der Waals surface area (Å²) in [5, 5.41) is 12.8. The minimum Gasteiger partial charge on any atom is -0.393 e. The highest BCUT2D eigenvalue weighted by Gasteiger charge is 2.33. The first-order chi connectivity index (χ1) is 8.04. The summed E-state index contributed by atoms with van der Waals surface area (Å²) in [5.41, 5.74) is 0. The van der Waals surface area contributed by atoms with E-state index in [4.69, 9.17) is 0 Å². The van der Waals surface area contributed by atoms with E-state index in [1.165, 1.54) is 12.8 Å². The lowest BCUT2D eigenvalue weighted by Crippen LogP contribution is -2.52. The van der Waals surface area contributed by atoms with Crippen molar-refractivity contribution in [2.75, 3.05) is 19.6 Å². The zero-order chi connectivity index (χ0) is 12.4. The second kappa shape index (κ2) is 5.36. The zero-order valence-electron chi connectivity index (χ0n) is 10.9. The molecule has 1 amide bonds. The van der Waals surface area contributed by atoms with Gasteiger partial charge in [0.15, 0.2) is 0 Å². The van der Waals surface area contributed by atoms with Gasteiger partial charge in [-0.15, -0.1) is 0 Å². The Morgan fingerprint density at radius 3 is 2.71 bits per heavy atom. The number of piperidine rings is 1. The lowest BCUT2D eigenvalue weighted by molar-refractivity contribution is -0.120. The number of rotatable bonds is 4. The molecule has 4 heteroatoms. The number of nitrogens with zero attached hydrogens (tertiary/aromatic N) is 1. The van der Waals surface area contributed by atoms with Crippen LogP contribution < -0.4 is 5.32 Å². The quantitative estimate of drug-likeness (QED) is 0.757. The molecule has 0 aromatic rings. The first-order valence-corrected chi connectivity index (χ1v) is 6.72. The van der Waals surface area contributed by atoms with Crippen molar-refractivity contribution in [2.45, 2.75) is 45.3 Å². The van der Waals surface area contributed by atoms with Gasteiger partial charge >= 0.3 is 0 Å². The second-order valence-corrected chi connectivity index (χ2v) is 5.80. The molecule has 1 saturated heterocycles. The predicted molar refractivity (Wildman–Crippen MR) is 66.6 cm³/mol. The highest BCUT2D eigenvalue weighted by molar-refractivity contribution is 5.73. The Morgan fingerprint density at radius 1 is 1.47 bits per heavy atom. The van der Waals surface area contributed by atoms with E-state index in [0.717, 1.165) is 32.0 Å². The number of likely N-dealkylation sites (tertiary alicyclic amines) is 1. The molecule has 1 heterocycles.